The second-order valence-corrected chi connectivity index (χ2v) is 6.03. The number of aromatic nitrogens is 2. The zero-order chi connectivity index (χ0) is 15.6. The Morgan fingerprint density at radius 1 is 1.13 bits per heavy atom. The molecule has 6 nitrogen and oxygen atoms in total. The lowest BCUT2D eigenvalue weighted by molar-refractivity contribution is -0.141. The highest BCUT2D eigenvalue weighted by atomic mass is 16.5. The van der Waals surface area contributed by atoms with Gasteiger partial charge in [0.1, 0.15) is 18.2 Å². The van der Waals surface area contributed by atoms with E-state index in [1.807, 2.05) is 23.1 Å². The molecule has 4 rings (SSSR count). The molecule has 2 saturated heterocycles. The van der Waals surface area contributed by atoms with Gasteiger partial charge in [-0.1, -0.05) is 12.1 Å². The molecule has 2 aromatic rings. The van der Waals surface area contributed by atoms with Gasteiger partial charge in [0.15, 0.2) is 0 Å². The Morgan fingerprint density at radius 2 is 1.96 bits per heavy atom. The normalized spacial score (nSPS) is 21.8. The molecule has 120 valence electrons. The van der Waals surface area contributed by atoms with Crippen molar-refractivity contribution in [1.29, 1.82) is 0 Å². The highest BCUT2D eigenvalue weighted by Gasteiger charge is 2.30. The molecule has 23 heavy (non-hydrogen) atoms. The fourth-order valence-corrected chi connectivity index (χ4v) is 3.36. The summed E-state index contributed by atoms with van der Waals surface area (Å²) in [5.41, 5.74) is 0.954. The smallest absolute Gasteiger partial charge is 0.251 e. The number of rotatable bonds is 2. The molecule has 1 aromatic heterocycles. The maximum atomic E-state index is 12.4. The van der Waals surface area contributed by atoms with Crippen LogP contribution >= 0.6 is 0 Å². The second kappa shape index (κ2) is 6.12. The van der Waals surface area contributed by atoms with Crippen LogP contribution in [-0.2, 0) is 9.53 Å². The number of nitrogens with zero attached hydrogens (tertiary/aromatic N) is 4. The summed E-state index contributed by atoms with van der Waals surface area (Å²) >= 11 is 0. The Labute approximate surface area is 135 Å². The number of hydrogen-bond acceptors (Lipinski definition) is 5. The van der Waals surface area contributed by atoms with Crippen molar-refractivity contribution in [1.82, 2.24) is 14.9 Å². The summed E-state index contributed by atoms with van der Waals surface area (Å²) in [6, 6.07) is 8.04. The van der Waals surface area contributed by atoms with Crippen LogP contribution in [0.1, 0.15) is 12.8 Å². The van der Waals surface area contributed by atoms with Crippen molar-refractivity contribution in [3.8, 4) is 0 Å². The first kappa shape index (κ1) is 14.4. The lowest BCUT2D eigenvalue weighted by atomic mass is 10.2. The van der Waals surface area contributed by atoms with Gasteiger partial charge in [-0.3, -0.25) is 4.79 Å². The lowest BCUT2D eigenvalue weighted by Gasteiger charge is -2.36. The van der Waals surface area contributed by atoms with Crippen LogP contribution in [0.5, 0.6) is 0 Å². The van der Waals surface area contributed by atoms with E-state index in [-0.39, 0.29) is 12.0 Å². The highest BCUT2D eigenvalue weighted by Crippen LogP contribution is 2.24. The largest absolute Gasteiger partial charge is 0.368 e. The Hall–Kier alpha value is -2.21. The van der Waals surface area contributed by atoms with Crippen LogP contribution in [-0.4, -0.2) is 59.7 Å². The van der Waals surface area contributed by atoms with E-state index in [9.17, 15) is 4.79 Å². The molecular formula is C17H20N4O2. The SMILES string of the molecule is O=C(C1CCCO1)N1CCN(c2ncnc3ccccc23)CC1. The molecular weight excluding hydrogens is 292 g/mol. The van der Waals surface area contributed by atoms with Gasteiger partial charge in [0.2, 0.25) is 0 Å². The molecule has 2 aliphatic heterocycles. The second-order valence-electron chi connectivity index (χ2n) is 6.03. The van der Waals surface area contributed by atoms with Gasteiger partial charge in [-0.15, -0.1) is 0 Å². The monoisotopic (exact) mass is 312 g/mol. The summed E-state index contributed by atoms with van der Waals surface area (Å²) in [4.78, 5) is 25.4. The maximum absolute atomic E-state index is 12.4. The number of ether oxygens (including phenoxy) is 1. The van der Waals surface area contributed by atoms with Gasteiger partial charge in [0.25, 0.3) is 5.91 Å². The number of carbonyl (C=O) groups is 1. The molecule has 0 spiro atoms. The van der Waals surface area contributed by atoms with Crippen LogP contribution in [0.4, 0.5) is 5.82 Å². The quantitative estimate of drug-likeness (QED) is 0.840. The van der Waals surface area contributed by atoms with Crippen molar-refractivity contribution in [2.24, 2.45) is 0 Å². The predicted octanol–water partition coefficient (Wildman–Crippen LogP) is 1.46. The summed E-state index contributed by atoms with van der Waals surface area (Å²) in [5.74, 6) is 1.11. The average molecular weight is 312 g/mol. The van der Waals surface area contributed by atoms with E-state index in [4.69, 9.17) is 4.74 Å². The van der Waals surface area contributed by atoms with Gasteiger partial charge < -0.3 is 14.5 Å². The molecule has 6 heteroatoms. The molecule has 0 saturated carbocycles. The number of hydrogen-bond donors (Lipinski definition) is 0. The van der Waals surface area contributed by atoms with Crippen LogP contribution in [0.3, 0.4) is 0 Å². The Morgan fingerprint density at radius 3 is 2.74 bits per heavy atom. The molecule has 0 radical (unpaired) electrons. The van der Waals surface area contributed by atoms with Crippen LogP contribution < -0.4 is 4.90 Å². The molecule has 2 fully saturated rings. The molecule has 1 atom stereocenters. The summed E-state index contributed by atoms with van der Waals surface area (Å²) in [6.07, 6.45) is 3.24. The van der Waals surface area contributed by atoms with Crippen LogP contribution in [0.2, 0.25) is 0 Å². The Balaban J connectivity index is 1.47. The standard InChI is InChI=1S/C17H20N4O2/c22-17(15-6-3-11-23-15)21-9-7-20(8-10-21)16-13-4-1-2-5-14(13)18-12-19-16/h1-2,4-5,12,15H,3,6-11H2. The minimum atomic E-state index is -0.221. The zero-order valence-electron chi connectivity index (χ0n) is 13.0. The maximum Gasteiger partial charge on any atom is 0.251 e. The van der Waals surface area contributed by atoms with Gasteiger partial charge in [-0.25, -0.2) is 9.97 Å². The number of fused-ring (bicyclic) bond motifs is 1. The fraction of sp³-hybridized carbons (Fsp3) is 0.471. The predicted molar refractivity (Wildman–Crippen MR) is 87.3 cm³/mol. The Bertz CT molecular complexity index is 701. The third-order valence-electron chi connectivity index (χ3n) is 4.62. The van der Waals surface area contributed by atoms with E-state index in [2.05, 4.69) is 20.9 Å². The van der Waals surface area contributed by atoms with Crippen molar-refractivity contribution in [3.05, 3.63) is 30.6 Å². The van der Waals surface area contributed by atoms with Gasteiger partial charge >= 0.3 is 0 Å². The molecule has 2 aliphatic rings. The number of para-hydroxylation sites is 1. The minimum Gasteiger partial charge on any atom is -0.368 e. The fourth-order valence-electron chi connectivity index (χ4n) is 3.36. The first-order valence-corrected chi connectivity index (χ1v) is 8.18. The molecule has 0 bridgehead atoms. The van der Waals surface area contributed by atoms with Gasteiger partial charge in [-0.2, -0.15) is 0 Å². The first-order valence-electron chi connectivity index (χ1n) is 8.18. The van der Waals surface area contributed by atoms with E-state index in [0.717, 1.165) is 55.7 Å². The van der Waals surface area contributed by atoms with Crippen LogP contribution in [0, 0.1) is 0 Å². The van der Waals surface area contributed by atoms with Gasteiger partial charge in [0.05, 0.1) is 5.52 Å². The van der Waals surface area contributed by atoms with Crippen LogP contribution in [0.25, 0.3) is 10.9 Å². The highest BCUT2D eigenvalue weighted by molar-refractivity contribution is 5.89. The molecule has 1 amide bonds. The number of carbonyl (C=O) groups excluding carboxylic acids is 1. The van der Waals surface area contributed by atoms with Crippen molar-refractivity contribution >= 4 is 22.6 Å². The third kappa shape index (κ3) is 2.74. The van der Waals surface area contributed by atoms with E-state index in [1.54, 1.807) is 6.33 Å². The van der Waals surface area contributed by atoms with Crippen molar-refractivity contribution < 1.29 is 9.53 Å². The van der Waals surface area contributed by atoms with E-state index < -0.39 is 0 Å². The van der Waals surface area contributed by atoms with Crippen molar-refractivity contribution in [3.63, 3.8) is 0 Å². The lowest BCUT2D eigenvalue weighted by Crippen LogP contribution is -2.51. The Kier molecular flexibility index (Phi) is 3.83. The number of anilines is 1. The zero-order valence-corrected chi connectivity index (χ0v) is 13.0. The van der Waals surface area contributed by atoms with Crippen LogP contribution in [0.15, 0.2) is 30.6 Å². The number of benzene rings is 1. The summed E-state index contributed by atoms with van der Waals surface area (Å²) in [6.45, 7) is 3.73. The van der Waals surface area contributed by atoms with E-state index in [0.29, 0.717) is 6.61 Å². The summed E-state index contributed by atoms with van der Waals surface area (Å²) in [5, 5.41) is 1.06. The van der Waals surface area contributed by atoms with Crippen molar-refractivity contribution in [2.45, 2.75) is 18.9 Å². The van der Waals surface area contributed by atoms with Crippen molar-refractivity contribution in [2.75, 3.05) is 37.7 Å². The topological polar surface area (TPSA) is 58.6 Å². The molecule has 3 heterocycles. The molecule has 1 aromatic carbocycles. The first-order chi connectivity index (χ1) is 11.3. The molecule has 0 aliphatic carbocycles. The number of amides is 1. The third-order valence-corrected chi connectivity index (χ3v) is 4.62. The minimum absolute atomic E-state index is 0.148. The summed E-state index contributed by atoms with van der Waals surface area (Å²) in [7, 11) is 0. The van der Waals surface area contributed by atoms with E-state index >= 15 is 0 Å². The van der Waals surface area contributed by atoms with Gasteiger partial charge in [-0.05, 0) is 25.0 Å². The molecule has 1 unspecified atom stereocenters. The van der Waals surface area contributed by atoms with Gasteiger partial charge in [0, 0.05) is 38.2 Å². The van der Waals surface area contributed by atoms with E-state index in [1.165, 1.54) is 0 Å². The number of piperazine rings is 1. The average Bonchev–Trinajstić information content (AvgIpc) is 3.15. The summed E-state index contributed by atoms with van der Waals surface area (Å²) < 4.78 is 5.51. The molecule has 0 N–H and O–H groups in total.